The molecule has 2 fully saturated rings. The molecule has 0 bridgehead atoms. The number of ether oxygens (including phenoxy) is 1. The minimum atomic E-state index is -3.76. The lowest BCUT2D eigenvalue weighted by molar-refractivity contribution is -0.124. The van der Waals surface area contributed by atoms with Crippen LogP contribution in [0.15, 0.2) is 23.1 Å². The maximum absolute atomic E-state index is 12.8. The third-order valence-corrected chi connectivity index (χ3v) is 6.36. The van der Waals surface area contributed by atoms with Crippen LogP contribution in [0.5, 0.6) is 5.75 Å². The zero-order valence-corrected chi connectivity index (χ0v) is 14.4. The maximum Gasteiger partial charge on any atom is 0.243 e. The zero-order valence-electron chi connectivity index (χ0n) is 12.8. The molecule has 2 aliphatic rings. The second-order valence-corrected chi connectivity index (χ2v) is 8.15. The summed E-state index contributed by atoms with van der Waals surface area (Å²) in [6.07, 6.45) is 3.16. The molecule has 1 saturated carbocycles. The van der Waals surface area contributed by atoms with Crippen molar-refractivity contribution in [3.63, 3.8) is 0 Å². The molecule has 126 valence electrons. The number of nitrogens with one attached hydrogen (secondary N) is 1. The normalized spacial score (nSPS) is 22.1. The fraction of sp³-hybridized carbons (Fsp3) is 0.533. The van der Waals surface area contributed by atoms with E-state index in [9.17, 15) is 13.2 Å². The number of carbonyl (C=O) groups excluding carboxylic acids is 1. The van der Waals surface area contributed by atoms with E-state index in [1.807, 2.05) is 0 Å². The molecule has 6 nitrogen and oxygen atoms in total. The highest BCUT2D eigenvalue weighted by Crippen LogP contribution is 2.31. The molecular weight excluding hydrogens is 340 g/mol. The molecule has 8 heteroatoms. The number of hydrogen-bond donors (Lipinski definition) is 1. The number of benzene rings is 1. The molecule has 1 aromatic rings. The van der Waals surface area contributed by atoms with Gasteiger partial charge in [0.05, 0.1) is 17.0 Å². The monoisotopic (exact) mass is 358 g/mol. The lowest BCUT2D eigenvalue weighted by atomic mass is 10.2. The number of hydrogen-bond acceptors (Lipinski definition) is 4. The average molecular weight is 359 g/mol. The molecule has 1 amide bonds. The van der Waals surface area contributed by atoms with Crippen LogP contribution in [0.1, 0.15) is 25.7 Å². The van der Waals surface area contributed by atoms with Gasteiger partial charge in [-0.05, 0) is 43.9 Å². The van der Waals surface area contributed by atoms with Crippen LogP contribution in [-0.4, -0.2) is 44.4 Å². The van der Waals surface area contributed by atoms with E-state index in [0.717, 1.165) is 12.8 Å². The molecule has 1 saturated heterocycles. The molecule has 23 heavy (non-hydrogen) atoms. The summed E-state index contributed by atoms with van der Waals surface area (Å²) in [5.74, 6) is 0.211. The third-order valence-electron chi connectivity index (χ3n) is 4.16. The van der Waals surface area contributed by atoms with Gasteiger partial charge in [-0.2, -0.15) is 4.31 Å². The van der Waals surface area contributed by atoms with E-state index in [-0.39, 0.29) is 21.9 Å². The summed E-state index contributed by atoms with van der Waals surface area (Å²) in [4.78, 5) is 12.4. The van der Waals surface area contributed by atoms with Gasteiger partial charge in [-0.25, -0.2) is 8.42 Å². The first kappa shape index (κ1) is 16.5. The molecule has 1 aliphatic heterocycles. The average Bonchev–Trinajstić information content (AvgIpc) is 3.17. The van der Waals surface area contributed by atoms with Crippen molar-refractivity contribution in [1.29, 1.82) is 0 Å². The summed E-state index contributed by atoms with van der Waals surface area (Å²) in [5, 5.41) is 3.12. The SMILES string of the molecule is COc1ccc(S(=O)(=O)N2CCCC2C(=O)NC2CC2)cc1Cl. The summed E-state index contributed by atoms with van der Waals surface area (Å²) in [6, 6.07) is 3.91. The molecule has 0 aromatic heterocycles. The van der Waals surface area contributed by atoms with Gasteiger partial charge in [0, 0.05) is 12.6 Å². The Morgan fingerprint density at radius 2 is 2.09 bits per heavy atom. The van der Waals surface area contributed by atoms with E-state index in [4.69, 9.17) is 16.3 Å². The van der Waals surface area contributed by atoms with Crippen molar-refractivity contribution in [3.05, 3.63) is 23.2 Å². The second-order valence-electron chi connectivity index (χ2n) is 5.85. The summed E-state index contributed by atoms with van der Waals surface area (Å²) in [7, 11) is -2.30. The second kappa shape index (κ2) is 6.30. The molecule has 1 N–H and O–H groups in total. The van der Waals surface area contributed by atoms with E-state index in [0.29, 0.717) is 25.1 Å². The predicted octanol–water partition coefficient (Wildman–Crippen LogP) is 1.78. The molecule has 1 unspecified atom stereocenters. The quantitative estimate of drug-likeness (QED) is 0.870. The first-order valence-electron chi connectivity index (χ1n) is 7.59. The van der Waals surface area contributed by atoms with Crippen LogP contribution < -0.4 is 10.1 Å². The first-order chi connectivity index (χ1) is 10.9. The van der Waals surface area contributed by atoms with E-state index >= 15 is 0 Å². The van der Waals surface area contributed by atoms with Crippen LogP contribution in [-0.2, 0) is 14.8 Å². The van der Waals surface area contributed by atoms with Gasteiger partial charge in [0.25, 0.3) is 0 Å². The number of carbonyl (C=O) groups is 1. The molecule has 3 rings (SSSR count). The predicted molar refractivity (Wildman–Crippen MR) is 86.1 cm³/mol. The van der Waals surface area contributed by atoms with Gasteiger partial charge in [0.1, 0.15) is 11.8 Å². The van der Waals surface area contributed by atoms with E-state index in [1.54, 1.807) is 0 Å². The van der Waals surface area contributed by atoms with Gasteiger partial charge < -0.3 is 10.1 Å². The van der Waals surface area contributed by atoms with Crippen LogP contribution in [0.2, 0.25) is 5.02 Å². The summed E-state index contributed by atoms with van der Waals surface area (Å²) < 4.78 is 32.0. The zero-order chi connectivity index (χ0) is 16.6. The molecule has 1 heterocycles. The largest absolute Gasteiger partial charge is 0.495 e. The Morgan fingerprint density at radius 1 is 1.35 bits per heavy atom. The molecule has 1 aromatic carbocycles. The minimum absolute atomic E-state index is 0.0782. The van der Waals surface area contributed by atoms with Crippen molar-refractivity contribution < 1.29 is 17.9 Å². The molecule has 1 atom stereocenters. The van der Waals surface area contributed by atoms with Crippen LogP contribution in [0, 0.1) is 0 Å². The van der Waals surface area contributed by atoms with Gasteiger partial charge in [-0.3, -0.25) is 4.79 Å². The summed E-state index contributed by atoms with van der Waals surface area (Å²) >= 11 is 6.03. The molecule has 0 radical (unpaired) electrons. The highest BCUT2D eigenvalue weighted by molar-refractivity contribution is 7.89. The minimum Gasteiger partial charge on any atom is -0.495 e. The van der Waals surface area contributed by atoms with Crippen molar-refractivity contribution >= 4 is 27.5 Å². The van der Waals surface area contributed by atoms with Crippen LogP contribution in [0.4, 0.5) is 0 Å². The lowest BCUT2D eigenvalue weighted by Crippen LogP contribution is -2.46. The van der Waals surface area contributed by atoms with Crippen LogP contribution in [0.25, 0.3) is 0 Å². The van der Waals surface area contributed by atoms with E-state index in [2.05, 4.69) is 5.32 Å². The Balaban J connectivity index is 1.85. The maximum atomic E-state index is 12.8. The van der Waals surface area contributed by atoms with Crippen LogP contribution in [0.3, 0.4) is 0 Å². The number of rotatable bonds is 5. The van der Waals surface area contributed by atoms with Crippen molar-refractivity contribution in [2.45, 2.75) is 42.7 Å². The number of halogens is 1. The van der Waals surface area contributed by atoms with E-state index in [1.165, 1.54) is 29.6 Å². The van der Waals surface area contributed by atoms with Crippen molar-refractivity contribution in [3.8, 4) is 5.75 Å². The van der Waals surface area contributed by atoms with Crippen molar-refractivity contribution in [2.24, 2.45) is 0 Å². The highest BCUT2D eigenvalue weighted by Gasteiger charge is 2.40. The highest BCUT2D eigenvalue weighted by atomic mass is 35.5. The fourth-order valence-electron chi connectivity index (χ4n) is 2.76. The Kier molecular flexibility index (Phi) is 4.53. The molecule has 1 aliphatic carbocycles. The first-order valence-corrected chi connectivity index (χ1v) is 9.41. The molecule has 0 spiro atoms. The van der Waals surface area contributed by atoms with Crippen molar-refractivity contribution in [2.75, 3.05) is 13.7 Å². The van der Waals surface area contributed by atoms with Gasteiger partial charge in [0.2, 0.25) is 15.9 Å². The van der Waals surface area contributed by atoms with Crippen LogP contribution >= 0.6 is 11.6 Å². The van der Waals surface area contributed by atoms with Gasteiger partial charge >= 0.3 is 0 Å². The van der Waals surface area contributed by atoms with Gasteiger partial charge in [-0.1, -0.05) is 11.6 Å². The number of nitrogens with zero attached hydrogens (tertiary/aromatic N) is 1. The Morgan fingerprint density at radius 3 is 2.70 bits per heavy atom. The summed E-state index contributed by atoms with van der Waals surface area (Å²) in [5.41, 5.74) is 0. The topological polar surface area (TPSA) is 75.7 Å². The standard InChI is InChI=1S/C15H19ClN2O4S/c1-22-14-7-6-11(9-12(14)16)23(20,21)18-8-2-3-13(18)15(19)17-10-4-5-10/h6-7,9-10,13H,2-5,8H2,1H3,(H,17,19). The summed E-state index contributed by atoms with van der Waals surface area (Å²) in [6.45, 7) is 0.342. The Labute approximate surface area is 140 Å². The third kappa shape index (κ3) is 3.32. The Hall–Kier alpha value is -1.31. The van der Waals surface area contributed by atoms with Crippen molar-refractivity contribution in [1.82, 2.24) is 9.62 Å². The van der Waals surface area contributed by atoms with Gasteiger partial charge in [-0.15, -0.1) is 0 Å². The fourth-order valence-corrected chi connectivity index (χ4v) is 4.76. The van der Waals surface area contributed by atoms with E-state index < -0.39 is 16.1 Å². The van der Waals surface area contributed by atoms with Gasteiger partial charge in [0.15, 0.2) is 0 Å². The number of methoxy groups -OCH3 is 1. The lowest BCUT2D eigenvalue weighted by Gasteiger charge is -2.23. The number of sulfonamides is 1. The smallest absolute Gasteiger partial charge is 0.243 e. The Bertz CT molecular complexity index is 718. The molecular formula is C15H19ClN2O4S. The number of amides is 1.